The van der Waals surface area contributed by atoms with Gasteiger partial charge in [0.2, 0.25) is 94.5 Å². The van der Waals surface area contributed by atoms with E-state index in [0.29, 0.717) is 24.8 Å². The van der Waals surface area contributed by atoms with E-state index in [9.17, 15) is 112 Å². The molecule has 16 amide bonds. The molecule has 2 fully saturated rings. The summed E-state index contributed by atoms with van der Waals surface area (Å²) in [6, 6.07) is -18.6. The smallest absolute Gasteiger partial charge is 0.326 e. The molecule has 45 heteroatoms. The first kappa shape index (κ1) is 112. The van der Waals surface area contributed by atoms with E-state index in [1.165, 1.54) is 56.9 Å². The van der Waals surface area contributed by atoms with Crippen LogP contribution in [0, 0.1) is 29.6 Å². The summed E-state index contributed by atoms with van der Waals surface area (Å²) in [6.07, 6.45) is -4.59. The number of unbranched alkanes of at least 4 members (excludes halogenated alkanes) is 2. The number of amides is 16. The number of nitrogens with two attached hydrogens (primary N) is 6. The lowest BCUT2D eigenvalue weighted by Crippen LogP contribution is -2.63. The van der Waals surface area contributed by atoms with Gasteiger partial charge in [0, 0.05) is 32.5 Å². The zero-order valence-corrected chi connectivity index (χ0v) is 76.4. The van der Waals surface area contributed by atoms with Gasteiger partial charge in [-0.15, -0.1) is 0 Å². The van der Waals surface area contributed by atoms with Gasteiger partial charge in [0.25, 0.3) is 0 Å². The summed E-state index contributed by atoms with van der Waals surface area (Å²) in [5.41, 5.74) is 34.9. The first-order chi connectivity index (χ1) is 60.5. The van der Waals surface area contributed by atoms with Gasteiger partial charge in [-0.2, -0.15) is 0 Å². The number of primary amides is 1. The van der Waals surface area contributed by atoms with Crippen molar-refractivity contribution in [3.05, 3.63) is 29.8 Å². The van der Waals surface area contributed by atoms with Gasteiger partial charge in [-0.3, -0.25) is 81.7 Å². The zero-order chi connectivity index (χ0) is 97.5. The fourth-order valence-electron chi connectivity index (χ4n) is 14.6. The van der Waals surface area contributed by atoms with Crippen LogP contribution in [-0.2, 0) is 87.9 Å². The SMILES string of the molecule is CC(C)CC(N)C(=O)NC(C(=O)NC(CCCN=C(N)N)C(=O)NC(Cc1ccc(O)cc1)C(=O)NC(C(=O)NC(CCCCN)C(=O)NC(CCCCN)C(=O)NC(C(=O)N1CCCC1C(=O)NC(CCC(N)=O)C(=O)NC(C(=O)NC(CO)C(=O)NC(C(=O)N1CCCC1C(=O)NC(C(=O)NC(CC(C)C)C(=O)O)C(C)O)C(C)O)C(C)C)C(C)C)C(C)O)C(C)C. The van der Waals surface area contributed by atoms with Crippen molar-refractivity contribution in [2.24, 2.45) is 69.0 Å². The number of guanidine groups is 1. The highest BCUT2D eigenvalue weighted by Gasteiger charge is 2.46. The molecule has 19 unspecified atom stereocenters. The fourth-order valence-corrected chi connectivity index (χ4v) is 14.6. The van der Waals surface area contributed by atoms with Gasteiger partial charge >= 0.3 is 5.97 Å². The molecular weight excluding hydrogens is 1690 g/mol. The Bertz CT molecular complexity index is 3940. The molecule has 1 aromatic rings. The minimum Gasteiger partial charge on any atom is -0.508 e. The molecule has 0 bridgehead atoms. The van der Waals surface area contributed by atoms with Crippen molar-refractivity contribution in [1.82, 2.24) is 78.9 Å². The number of likely N-dealkylation sites (tertiary alicyclic amines) is 2. The summed E-state index contributed by atoms with van der Waals surface area (Å²) in [7, 11) is 0. The largest absolute Gasteiger partial charge is 0.508 e. The van der Waals surface area contributed by atoms with Crippen molar-refractivity contribution in [2.45, 2.75) is 314 Å². The Morgan fingerprint density at radius 1 is 0.411 bits per heavy atom. The van der Waals surface area contributed by atoms with Crippen LogP contribution in [0.4, 0.5) is 0 Å². The van der Waals surface area contributed by atoms with Gasteiger partial charge in [0.15, 0.2) is 5.96 Å². The number of aromatic hydroxyl groups is 1. The lowest BCUT2D eigenvalue weighted by molar-refractivity contribution is -0.146. The Morgan fingerprint density at radius 3 is 1.19 bits per heavy atom. The average Bonchev–Trinajstić information content (AvgIpc) is 1.76. The summed E-state index contributed by atoms with van der Waals surface area (Å²) >= 11 is 0. The van der Waals surface area contributed by atoms with E-state index in [1.807, 2.05) is 13.8 Å². The van der Waals surface area contributed by atoms with Crippen LogP contribution in [-0.4, -0.2) is 301 Å². The van der Waals surface area contributed by atoms with E-state index < -0.39 is 253 Å². The number of nitrogens with zero attached hydrogens (tertiary/aromatic N) is 3. The topological polar surface area (TPSA) is 743 Å². The third-order valence-corrected chi connectivity index (χ3v) is 21.8. The number of carboxylic acid groups (broad SMARTS) is 1. The number of aliphatic imine (C=N–C) groups is 1. The zero-order valence-electron chi connectivity index (χ0n) is 76.4. The molecule has 2 aliphatic rings. The van der Waals surface area contributed by atoms with Crippen molar-refractivity contribution >= 4 is 106 Å². The number of aliphatic hydroxyl groups excluding tert-OH is 4. The first-order valence-electron chi connectivity index (χ1n) is 44.2. The highest BCUT2D eigenvalue weighted by Crippen LogP contribution is 2.25. The maximum Gasteiger partial charge on any atom is 0.326 e. The quantitative estimate of drug-likeness (QED) is 0.0164. The molecule has 0 aromatic heterocycles. The number of rotatable bonds is 57. The highest BCUT2D eigenvalue weighted by atomic mass is 16.4. The van der Waals surface area contributed by atoms with Crippen LogP contribution in [0.1, 0.15) is 198 Å². The van der Waals surface area contributed by atoms with E-state index in [0.717, 1.165) is 11.8 Å². The second kappa shape index (κ2) is 55.8. The number of nitrogens with one attached hydrogen (secondary N) is 13. The van der Waals surface area contributed by atoms with Gasteiger partial charge < -0.3 is 144 Å². The van der Waals surface area contributed by atoms with Crippen molar-refractivity contribution in [1.29, 1.82) is 0 Å². The summed E-state index contributed by atoms with van der Waals surface area (Å²) in [6.45, 7) is 19.2. The number of phenols is 1. The predicted molar refractivity (Wildman–Crippen MR) is 472 cm³/mol. The monoisotopic (exact) mass is 1830 g/mol. The van der Waals surface area contributed by atoms with Crippen molar-refractivity contribution in [3.8, 4) is 5.75 Å². The normalized spacial score (nSPS) is 17.8. The Hall–Kier alpha value is -11.0. The number of carbonyl (C=O) groups is 17. The number of hydrogen-bond donors (Lipinski definition) is 25. The van der Waals surface area contributed by atoms with E-state index in [2.05, 4.69) is 74.1 Å². The number of aliphatic carboxylic acids is 1. The van der Waals surface area contributed by atoms with E-state index in [1.54, 1.807) is 41.5 Å². The molecule has 45 nitrogen and oxygen atoms in total. The second-order valence-corrected chi connectivity index (χ2v) is 35.0. The molecule has 0 aliphatic carbocycles. The number of phenolic OH excluding ortho intramolecular Hbond substituents is 1. The molecule has 0 saturated carbocycles. The van der Waals surface area contributed by atoms with Crippen molar-refractivity contribution < 1.29 is 112 Å². The third kappa shape index (κ3) is 37.5. The minimum atomic E-state index is -1.89. The molecule has 2 saturated heterocycles. The van der Waals surface area contributed by atoms with E-state index in [-0.39, 0.29) is 133 Å². The van der Waals surface area contributed by atoms with Gasteiger partial charge in [-0.05, 0) is 177 Å². The molecule has 19 atom stereocenters. The highest BCUT2D eigenvalue weighted by molar-refractivity contribution is 6.01. The Labute approximate surface area is 752 Å². The average molecular weight is 1830 g/mol. The van der Waals surface area contributed by atoms with Crippen LogP contribution in [0.2, 0.25) is 0 Å². The van der Waals surface area contributed by atoms with Crippen LogP contribution < -0.4 is 104 Å². The van der Waals surface area contributed by atoms with Gasteiger partial charge in [-0.1, -0.05) is 81.4 Å². The van der Waals surface area contributed by atoms with E-state index in [4.69, 9.17) is 34.4 Å². The number of aliphatic hydroxyl groups is 4. The van der Waals surface area contributed by atoms with Crippen molar-refractivity contribution in [2.75, 3.05) is 39.3 Å². The Balaban J connectivity index is 1.91. The Kier molecular flexibility index (Phi) is 48.5. The lowest BCUT2D eigenvalue weighted by atomic mass is 9.99. The molecule has 129 heavy (non-hydrogen) atoms. The number of carbonyl (C=O) groups excluding carboxylic acids is 16. The summed E-state index contributed by atoms with van der Waals surface area (Å²) in [5.74, 6) is -19.2. The molecule has 2 aliphatic heterocycles. The van der Waals surface area contributed by atoms with Crippen LogP contribution >= 0.6 is 0 Å². The Morgan fingerprint density at radius 2 is 0.767 bits per heavy atom. The van der Waals surface area contributed by atoms with Gasteiger partial charge in [0.1, 0.15) is 96.4 Å². The molecule has 31 N–H and O–H groups in total. The molecule has 2 heterocycles. The lowest BCUT2D eigenvalue weighted by Gasteiger charge is -2.33. The van der Waals surface area contributed by atoms with Crippen LogP contribution in [0.5, 0.6) is 5.75 Å². The summed E-state index contributed by atoms with van der Waals surface area (Å²) < 4.78 is 0. The van der Waals surface area contributed by atoms with Crippen molar-refractivity contribution in [3.63, 3.8) is 0 Å². The third-order valence-electron chi connectivity index (χ3n) is 21.8. The molecular formula is C84H144N22O23. The molecule has 728 valence electrons. The summed E-state index contributed by atoms with van der Waals surface area (Å²) in [5, 5.41) is 96.0. The maximum absolute atomic E-state index is 14.9. The second-order valence-electron chi connectivity index (χ2n) is 35.0. The maximum atomic E-state index is 14.9. The molecule has 0 spiro atoms. The van der Waals surface area contributed by atoms with Crippen LogP contribution in [0.25, 0.3) is 0 Å². The predicted octanol–water partition coefficient (Wildman–Crippen LogP) is -6.60. The van der Waals surface area contributed by atoms with Crippen LogP contribution in [0.15, 0.2) is 29.3 Å². The first-order valence-corrected chi connectivity index (χ1v) is 44.2. The molecule has 3 rings (SSSR count). The molecule has 0 radical (unpaired) electrons. The van der Waals surface area contributed by atoms with Gasteiger partial charge in [0.05, 0.1) is 31.0 Å². The minimum absolute atomic E-state index is 0.00180. The summed E-state index contributed by atoms with van der Waals surface area (Å²) in [4.78, 5) is 245. The van der Waals surface area contributed by atoms with Crippen LogP contribution in [0.3, 0.4) is 0 Å². The van der Waals surface area contributed by atoms with Gasteiger partial charge in [-0.25, -0.2) is 4.79 Å². The molecule has 1 aromatic carbocycles. The standard InChI is InChI=1S/C84H144N22O23/c1-41(2)37-51(87)68(113)99-62(43(5)6)77(122)94-54(23-18-34-91-84(89)90)70(115)96-56(39-49-26-28-50(111)29-27-49)73(118)102-65(46(11)108)79(124)95-52(21-14-16-32-85)69(114)92-53(22-15-17-33-86)71(116)101-64(45(9)10)81(126)105-35-19-24-59(105)75(120)93-55(30-31-61(88)112)72(117)100-63(44(7)8)78(123)98-58(40-107)74(119)104-67(48(13)110)82(127)106-36-20-25-60(106)76(121)103-66(47(12)109)80(125)97-57(83(128)129)38-42(3)4/h26-29,41-48,51-60,62-67,107-111H,14-25,30-40,85-87H2,1-13H3,(H2,88,112)(H,92,114)(H,93,120)(H,94,122)(H,95,124)(H,96,115)(H,97,125)(H,98,123)(H,99,113)(H,100,117)(H,101,116)(H,102,118)(H,103,121)(H,104,119)(H,128,129)(H4,89,90,91). The number of carboxylic acids is 1. The fraction of sp³-hybridized carbons (Fsp3) is 0.714. The number of hydrogen-bond acceptors (Lipinski definition) is 26. The number of benzene rings is 1. The van der Waals surface area contributed by atoms with E-state index >= 15 is 0 Å².